The normalized spacial score (nSPS) is 11.9. The number of fused-ring (bicyclic) bond motifs is 1. The third-order valence-electron chi connectivity index (χ3n) is 5.41. The standard InChI is InChI=1S/C26H20Br2Cl2N4O4/c1-26(2,3)25-32-21-7-5-16(27)11-17(21)24(35)33(25)31-12-15-8-18(28)23(22(10-15)34(36)37)38-13-14-4-6-19(29)20(30)9-14/h4-12H,13H2,1-3H3. The average Bonchev–Trinajstić information content (AvgIpc) is 2.84. The predicted molar refractivity (Wildman–Crippen MR) is 157 cm³/mol. The molecular weight excluding hydrogens is 663 g/mol. The minimum atomic E-state index is -0.547. The van der Waals surface area contributed by atoms with E-state index in [9.17, 15) is 14.9 Å². The Bertz CT molecular complexity index is 1670. The van der Waals surface area contributed by atoms with Gasteiger partial charge in [0.2, 0.25) is 5.75 Å². The van der Waals surface area contributed by atoms with Crippen LogP contribution in [-0.2, 0) is 12.0 Å². The molecule has 1 aromatic heterocycles. The van der Waals surface area contributed by atoms with Gasteiger partial charge in [0, 0.05) is 21.5 Å². The highest BCUT2D eigenvalue weighted by Crippen LogP contribution is 2.37. The molecule has 0 fully saturated rings. The largest absolute Gasteiger partial charge is 0.481 e. The molecule has 8 nitrogen and oxygen atoms in total. The zero-order valence-corrected chi connectivity index (χ0v) is 25.0. The van der Waals surface area contributed by atoms with Crippen molar-refractivity contribution in [3.8, 4) is 5.75 Å². The van der Waals surface area contributed by atoms with E-state index in [1.54, 1.807) is 36.4 Å². The van der Waals surface area contributed by atoms with Crippen LogP contribution in [0.2, 0.25) is 10.0 Å². The number of nitrogens with zero attached hydrogens (tertiary/aromatic N) is 4. The molecule has 0 aliphatic heterocycles. The molecule has 0 spiro atoms. The van der Waals surface area contributed by atoms with Crippen molar-refractivity contribution in [1.82, 2.24) is 9.66 Å². The molecule has 0 atom stereocenters. The number of nitro benzene ring substituents is 1. The van der Waals surface area contributed by atoms with Gasteiger partial charge in [-0.1, -0.05) is 66.0 Å². The van der Waals surface area contributed by atoms with Crippen molar-refractivity contribution in [2.75, 3.05) is 0 Å². The second-order valence-electron chi connectivity index (χ2n) is 9.35. The first kappa shape index (κ1) is 28.2. The summed E-state index contributed by atoms with van der Waals surface area (Å²) in [5.74, 6) is 0.492. The van der Waals surface area contributed by atoms with Gasteiger partial charge in [0.25, 0.3) is 5.56 Å². The van der Waals surface area contributed by atoms with Crippen LogP contribution in [0, 0.1) is 10.1 Å². The Labute approximate surface area is 244 Å². The molecule has 0 bridgehead atoms. The Morgan fingerprint density at radius 2 is 1.84 bits per heavy atom. The smallest absolute Gasteiger partial charge is 0.312 e. The lowest BCUT2D eigenvalue weighted by Gasteiger charge is -2.20. The summed E-state index contributed by atoms with van der Waals surface area (Å²) in [6.07, 6.45) is 1.38. The zero-order chi connectivity index (χ0) is 27.8. The summed E-state index contributed by atoms with van der Waals surface area (Å²) in [6, 6.07) is 13.2. The third kappa shape index (κ3) is 6.09. The van der Waals surface area contributed by atoms with Crippen LogP contribution in [0.4, 0.5) is 5.69 Å². The first-order chi connectivity index (χ1) is 17.8. The third-order valence-corrected chi connectivity index (χ3v) is 7.23. The van der Waals surface area contributed by atoms with Crippen LogP contribution < -0.4 is 10.3 Å². The molecule has 38 heavy (non-hydrogen) atoms. The molecule has 0 amide bonds. The molecule has 12 heteroatoms. The summed E-state index contributed by atoms with van der Waals surface area (Å²) in [7, 11) is 0. The fourth-order valence-electron chi connectivity index (χ4n) is 3.60. The lowest BCUT2D eigenvalue weighted by molar-refractivity contribution is -0.386. The molecule has 0 radical (unpaired) electrons. The van der Waals surface area contributed by atoms with Gasteiger partial charge < -0.3 is 4.74 Å². The van der Waals surface area contributed by atoms with Gasteiger partial charge in [0.05, 0.1) is 36.6 Å². The fraction of sp³-hybridized carbons (Fsp3) is 0.192. The van der Waals surface area contributed by atoms with E-state index in [0.29, 0.717) is 42.4 Å². The summed E-state index contributed by atoms with van der Waals surface area (Å²) >= 11 is 18.8. The van der Waals surface area contributed by atoms with E-state index < -0.39 is 10.3 Å². The van der Waals surface area contributed by atoms with Crippen LogP contribution >= 0.6 is 55.1 Å². The van der Waals surface area contributed by atoms with E-state index in [1.807, 2.05) is 26.8 Å². The number of aromatic nitrogens is 2. The van der Waals surface area contributed by atoms with Crippen molar-refractivity contribution in [1.29, 1.82) is 0 Å². The van der Waals surface area contributed by atoms with Crippen LogP contribution in [-0.4, -0.2) is 20.8 Å². The van der Waals surface area contributed by atoms with Gasteiger partial charge in [-0.15, -0.1) is 0 Å². The molecule has 4 aromatic rings. The van der Waals surface area contributed by atoms with Crippen molar-refractivity contribution >= 4 is 77.9 Å². The summed E-state index contributed by atoms with van der Waals surface area (Å²) in [4.78, 5) is 29.4. The number of halogens is 4. The molecule has 0 aliphatic rings. The summed E-state index contributed by atoms with van der Waals surface area (Å²) in [5, 5.41) is 17.4. The number of rotatable bonds is 6. The lowest BCUT2D eigenvalue weighted by Crippen LogP contribution is -2.29. The van der Waals surface area contributed by atoms with E-state index in [0.717, 1.165) is 4.47 Å². The Morgan fingerprint density at radius 1 is 1.11 bits per heavy atom. The number of ether oxygens (including phenoxy) is 1. The summed E-state index contributed by atoms with van der Waals surface area (Å²) in [5.41, 5.74) is 0.489. The van der Waals surface area contributed by atoms with Gasteiger partial charge in [0.15, 0.2) is 0 Å². The highest BCUT2D eigenvalue weighted by Gasteiger charge is 2.24. The molecular formula is C26H20Br2Cl2N4O4. The van der Waals surface area contributed by atoms with E-state index in [-0.39, 0.29) is 23.6 Å². The van der Waals surface area contributed by atoms with Crippen molar-refractivity contribution in [2.24, 2.45) is 5.10 Å². The van der Waals surface area contributed by atoms with E-state index in [1.165, 1.54) is 17.0 Å². The molecule has 0 saturated heterocycles. The Kier molecular flexibility index (Phi) is 8.27. The van der Waals surface area contributed by atoms with Gasteiger partial charge in [-0.05, 0) is 57.9 Å². The summed E-state index contributed by atoms with van der Waals surface area (Å²) < 4.78 is 8.07. The zero-order valence-electron chi connectivity index (χ0n) is 20.3. The van der Waals surface area contributed by atoms with Gasteiger partial charge in [0.1, 0.15) is 12.4 Å². The van der Waals surface area contributed by atoms with Crippen LogP contribution in [0.5, 0.6) is 5.75 Å². The lowest BCUT2D eigenvalue weighted by atomic mass is 9.95. The van der Waals surface area contributed by atoms with Crippen LogP contribution in [0.25, 0.3) is 10.9 Å². The molecule has 4 rings (SSSR count). The van der Waals surface area contributed by atoms with Crippen molar-refractivity contribution < 1.29 is 9.66 Å². The van der Waals surface area contributed by atoms with E-state index >= 15 is 0 Å². The molecule has 3 aromatic carbocycles. The quantitative estimate of drug-likeness (QED) is 0.117. The first-order valence-corrected chi connectivity index (χ1v) is 13.5. The van der Waals surface area contributed by atoms with Gasteiger partial charge in [-0.25, -0.2) is 4.98 Å². The Hall–Kier alpha value is -2.79. The highest BCUT2D eigenvalue weighted by atomic mass is 79.9. The molecule has 0 unspecified atom stereocenters. The first-order valence-electron chi connectivity index (χ1n) is 11.2. The molecule has 0 aliphatic carbocycles. The second-order valence-corrected chi connectivity index (χ2v) is 11.9. The number of nitro groups is 1. The van der Waals surface area contributed by atoms with Crippen molar-refractivity contribution in [2.45, 2.75) is 32.8 Å². The average molecular weight is 683 g/mol. The maximum Gasteiger partial charge on any atom is 0.312 e. The fourth-order valence-corrected chi connectivity index (χ4v) is 4.87. The van der Waals surface area contributed by atoms with Gasteiger partial charge in [-0.3, -0.25) is 14.9 Å². The number of hydrogen-bond donors (Lipinski definition) is 0. The van der Waals surface area contributed by atoms with Crippen molar-refractivity contribution in [3.63, 3.8) is 0 Å². The Balaban J connectivity index is 1.74. The van der Waals surface area contributed by atoms with Gasteiger partial charge in [-0.2, -0.15) is 9.78 Å². The topological polar surface area (TPSA) is 99.6 Å². The second kappa shape index (κ2) is 11.1. The Morgan fingerprint density at radius 3 is 2.50 bits per heavy atom. The summed E-state index contributed by atoms with van der Waals surface area (Å²) in [6.45, 7) is 5.80. The van der Waals surface area contributed by atoms with Gasteiger partial charge >= 0.3 is 5.69 Å². The highest BCUT2D eigenvalue weighted by molar-refractivity contribution is 9.10. The predicted octanol–water partition coefficient (Wildman–Crippen LogP) is 7.90. The monoisotopic (exact) mass is 680 g/mol. The van der Waals surface area contributed by atoms with E-state index in [4.69, 9.17) is 27.9 Å². The molecule has 196 valence electrons. The molecule has 1 heterocycles. The minimum absolute atomic E-state index is 0.0341. The number of hydrogen-bond acceptors (Lipinski definition) is 6. The van der Waals surface area contributed by atoms with Crippen molar-refractivity contribution in [3.05, 3.63) is 105 Å². The SMILES string of the molecule is CC(C)(C)c1nc2ccc(Br)cc2c(=O)n1N=Cc1cc(Br)c(OCc2ccc(Cl)c(Cl)c2)c([N+](=O)[O-])c1. The molecule has 0 N–H and O–H groups in total. The van der Waals surface area contributed by atoms with Crippen LogP contribution in [0.3, 0.4) is 0 Å². The maximum atomic E-state index is 13.4. The molecule has 0 saturated carbocycles. The minimum Gasteiger partial charge on any atom is -0.481 e. The van der Waals surface area contributed by atoms with Crippen LogP contribution in [0.1, 0.15) is 37.7 Å². The van der Waals surface area contributed by atoms with E-state index in [2.05, 4.69) is 41.9 Å². The number of benzene rings is 3. The maximum absolute atomic E-state index is 13.4. The van der Waals surface area contributed by atoms with Crippen LogP contribution in [0.15, 0.2) is 67.4 Å².